The van der Waals surface area contributed by atoms with Crippen molar-refractivity contribution < 1.29 is 37.0 Å². The highest BCUT2D eigenvalue weighted by Gasteiger charge is 2.62. The van der Waals surface area contributed by atoms with Crippen LogP contribution in [-0.2, 0) is 24.9 Å². The van der Waals surface area contributed by atoms with Crippen LogP contribution in [0.4, 0.5) is 32.3 Å². The molecule has 0 spiro atoms. The number of para-hydroxylation sites is 1. The number of hydrogen-bond acceptors (Lipinski definition) is 9. The number of anilines is 4. The van der Waals surface area contributed by atoms with Crippen LogP contribution in [-0.4, -0.2) is 63.0 Å². The predicted octanol–water partition coefficient (Wildman–Crippen LogP) is 8.56. The number of rotatable bonds is 8. The van der Waals surface area contributed by atoms with Gasteiger partial charge in [-0.05, 0) is 115 Å². The van der Waals surface area contributed by atoms with E-state index in [0.29, 0.717) is 40.5 Å². The van der Waals surface area contributed by atoms with Gasteiger partial charge in [0.25, 0.3) is 0 Å². The Kier molecular flexibility index (Phi) is 10.1. The third-order valence-corrected chi connectivity index (χ3v) is 11.2. The second kappa shape index (κ2) is 14.2. The highest BCUT2D eigenvalue weighted by Crippen LogP contribution is 2.61. The number of benzene rings is 4. The van der Waals surface area contributed by atoms with E-state index >= 15 is 0 Å². The first-order chi connectivity index (χ1) is 25.4. The molecule has 13 heteroatoms. The lowest BCUT2D eigenvalue weighted by atomic mass is 9.73. The molecule has 2 atom stereocenters. The molecule has 2 aliphatic heterocycles. The van der Waals surface area contributed by atoms with E-state index in [-0.39, 0.29) is 11.4 Å². The van der Waals surface area contributed by atoms with E-state index in [1.807, 2.05) is 42.2 Å². The fourth-order valence-corrected chi connectivity index (χ4v) is 8.93. The molecule has 2 N–H and O–H groups in total. The minimum absolute atomic E-state index is 0.150. The average Bonchev–Trinajstić information content (AvgIpc) is 3.61. The van der Waals surface area contributed by atoms with E-state index in [4.69, 9.17) is 18.9 Å². The van der Waals surface area contributed by atoms with E-state index in [1.54, 1.807) is 110 Å². The molecule has 4 aromatic carbocycles. The number of carbonyl (C=O) groups is 2. The zero-order chi connectivity index (χ0) is 39.2. The lowest BCUT2D eigenvalue weighted by Gasteiger charge is -2.39. The van der Waals surface area contributed by atoms with Crippen molar-refractivity contribution in [3.63, 3.8) is 0 Å². The number of nitrogens with zero attached hydrogens (tertiary/aromatic N) is 2. The molecule has 0 saturated carbocycles. The topological polar surface area (TPSA) is 136 Å². The van der Waals surface area contributed by atoms with Gasteiger partial charge in [0.2, 0.25) is 10.0 Å². The Morgan fingerprint density at radius 3 is 1.85 bits per heavy atom. The number of ether oxygens (including phenoxy) is 4. The maximum Gasteiger partial charge on any atom is 0.412 e. The Bertz CT molecular complexity index is 2180. The Balaban J connectivity index is 1.59. The van der Waals surface area contributed by atoms with Crippen LogP contribution >= 0.6 is 0 Å². The second-order valence-electron chi connectivity index (χ2n) is 15.5. The summed E-state index contributed by atoms with van der Waals surface area (Å²) in [6.07, 6.45) is -1.81. The molecule has 0 bridgehead atoms. The van der Waals surface area contributed by atoms with Crippen LogP contribution < -0.4 is 25.0 Å². The van der Waals surface area contributed by atoms with Crippen LogP contribution in [0.3, 0.4) is 0 Å². The molecule has 0 aromatic heterocycles. The molecule has 0 aliphatic carbocycles. The summed E-state index contributed by atoms with van der Waals surface area (Å²) in [6, 6.07) is 25.0. The van der Waals surface area contributed by atoms with E-state index in [9.17, 15) is 18.0 Å². The van der Waals surface area contributed by atoms with Crippen molar-refractivity contribution in [1.82, 2.24) is 4.31 Å². The summed E-state index contributed by atoms with van der Waals surface area (Å²) >= 11 is 0. The molecule has 1 fully saturated rings. The number of nitrogens with one attached hydrogen (secondary N) is 2. The molecule has 2 aliphatic rings. The molecule has 0 radical (unpaired) electrons. The van der Waals surface area contributed by atoms with Crippen molar-refractivity contribution in [1.29, 1.82) is 0 Å². The third kappa shape index (κ3) is 7.30. The summed E-state index contributed by atoms with van der Waals surface area (Å²) in [7, 11) is -1.02. The molecule has 0 unspecified atom stereocenters. The number of hydrogen-bond donors (Lipinski definition) is 2. The van der Waals surface area contributed by atoms with Gasteiger partial charge in [0.1, 0.15) is 28.9 Å². The summed E-state index contributed by atoms with van der Waals surface area (Å²) in [6.45, 7) is 12.7. The molecule has 54 heavy (non-hydrogen) atoms. The number of aryl methyl sites for hydroxylation is 1. The number of carbonyl (C=O) groups excluding carboxylic acids is 2. The lowest BCUT2D eigenvalue weighted by molar-refractivity contribution is 0.0624. The van der Waals surface area contributed by atoms with Crippen molar-refractivity contribution in [2.45, 2.75) is 82.6 Å². The van der Waals surface area contributed by atoms with Crippen LogP contribution in [0, 0.1) is 6.92 Å². The maximum atomic E-state index is 14.9. The summed E-state index contributed by atoms with van der Waals surface area (Å²) < 4.78 is 54.3. The molecule has 4 aromatic rings. The lowest BCUT2D eigenvalue weighted by Crippen LogP contribution is -2.50. The van der Waals surface area contributed by atoms with Gasteiger partial charge in [0.05, 0.1) is 30.2 Å². The SMILES string of the molecule is COc1ccc(NC(=O)OC(C)(C)C)cc1N1c2ccccc2[C@@]2(c3cc(NC(=O)OC(C)(C)C)ccc3OC)CCN(S(=O)(=O)c3ccc(C)cc3)[C@@H]12. The van der Waals surface area contributed by atoms with E-state index in [2.05, 4.69) is 10.6 Å². The van der Waals surface area contributed by atoms with Crippen molar-refractivity contribution in [2.24, 2.45) is 0 Å². The zero-order valence-electron chi connectivity index (χ0n) is 32.1. The monoisotopic (exact) mass is 756 g/mol. The zero-order valence-corrected chi connectivity index (χ0v) is 33.0. The molecule has 1 saturated heterocycles. The number of sulfonamides is 1. The van der Waals surface area contributed by atoms with Crippen LogP contribution in [0.2, 0.25) is 0 Å². The normalized spacial score (nSPS) is 18.4. The van der Waals surface area contributed by atoms with Crippen LogP contribution in [0.25, 0.3) is 0 Å². The largest absolute Gasteiger partial charge is 0.496 e. The van der Waals surface area contributed by atoms with Crippen molar-refractivity contribution >= 4 is 45.0 Å². The third-order valence-electron chi connectivity index (χ3n) is 9.37. The second-order valence-corrected chi connectivity index (χ2v) is 17.4. The number of amides is 2. The van der Waals surface area contributed by atoms with Crippen molar-refractivity contribution in [3.05, 3.63) is 102 Å². The van der Waals surface area contributed by atoms with Gasteiger partial charge in [-0.1, -0.05) is 35.9 Å². The molecular weight excluding hydrogens is 709 g/mol. The summed E-state index contributed by atoms with van der Waals surface area (Å²) in [5, 5.41) is 5.68. The Labute approximate surface area is 317 Å². The predicted molar refractivity (Wildman–Crippen MR) is 209 cm³/mol. The Morgan fingerprint density at radius 2 is 1.28 bits per heavy atom. The molecule has 286 valence electrons. The van der Waals surface area contributed by atoms with Gasteiger partial charge in [-0.2, -0.15) is 4.31 Å². The van der Waals surface area contributed by atoms with Crippen LogP contribution in [0.5, 0.6) is 11.5 Å². The van der Waals surface area contributed by atoms with Gasteiger partial charge in [0.15, 0.2) is 0 Å². The smallest absolute Gasteiger partial charge is 0.412 e. The van der Waals surface area contributed by atoms with Gasteiger partial charge in [0, 0.05) is 29.2 Å². The van der Waals surface area contributed by atoms with Crippen LogP contribution in [0.1, 0.15) is 64.7 Å². The van der Waals surface area contributed by atoms with Gasteiger partial charge in [-0.3, -0.25) is 10.6 Å². The fourth-order valence-electron chi connectivity index (χ4n) is 7.31. The number of fused-ring (bicyclic) bond motifs is 3. The maximum absolute atomic E-state index is 14.9. The first-order valence-corrected chi connectivity index (χ1v) is 19.2. The van der Waals surface area contributed by atoms with Gasteiger partial charge in [-0.15, -0.1) is 0 Å². The Hall–Kier alpha value is -5.27. The van der Waals surface area contributed by atoms with E-state index in [1.165, 1.54) is 4.31 Å². The van der Waals surface area contributed by atoms with Crippen molar-refractivity contribution in [2.75, 3.05) is 36.3 Å². The minimum Gasteiger partial charge on any atom is -0.496 e. The first-order valence-electron chi connectivity index (χ1n) is 17.7. The fraction of sp³-hybridized carbons (Fsp3) is 0.366. The standard InChI is InChI=1S/C41H48N4O8S/c1-26-14-18-29(19-15-26)54(48,49)44-23-22-41(31-24-27(16-20-34(31)50-8)42-37(46)52-39(2,3)4)30-12-10-11-13-32(30)45(36(41)44)33-25-28(17-21-35(33)51-9)43-38(47)53-40(5,6)7/h10-21,24-25,36H,22-23H2,1-9H3,(H,42,46)(H,43,47)/t36-,41+/m0/s1. The first kappa shape index (κ1) is 38.5. The highest BCUT2D eigenvalue weighted by atomic mass is 32.2. The van der Waals surface area contributed by atoms with Gasteiger partial charge in [-0.25, -0.2) is 18.0 Å². The summed E-state index contributed by atoms with van der Waals surface area (Å²) in [5.74, 6) is 0.954. The van der Waals surface area contributed by atoms with Gasteiger partial charge < -0.3 is 23.8 Å². The highest BCUT2D eigenvalue weighted by molar-refractivity contribution is 7.89. The molecule has 12 nitrogen and oxygen atoms in total. The number of methoxy groups -OCH3 is 2. The van der Waals surface area contributed by atoms with E-state index < -0.39 is 45.0 Å². The molecule has 2 amide bonds. The minimum atomic E-state index is -4.12. The average molecular weight is 757 g/mol. The molecular formula is C41H48N4O8S. The van der Waals surface area contributed by atoms with Crippen LogP contribution in [0.15, 0.2) is 89.8 Å². The summed E-state index contributed by atoms with van der Waals surface area (Å²) in [4.78, 5) is 28.0. The van der Waals surface area contributed by atoms with E-state index in [0.717, 1.165) is 16.8 Å². The molecule has 2 heterocycles. The van der Waals surface area contributed by atoms with Gasteiger partial charge >= 0.3 is 12.2 Å². The summed E-state index contributed by atoms with van der Waals surface area (Å²) in [5.41, 5.74) is 2.06. The molecule has 6 rings (SSSR count). The quantitative estimate of drug-likeness (QED) is 0.181. The van der Waals surface area contributed by atoms with Crippen molar-refractivity contribution in [3.8, 4) is 11.5 Å². The Morgan fingerprint density at radius 1 is 0.722 bits per heavy atom.